The monoisotopic (exact) mass is 1220 g/mol. The highest BCUT2D eigenvalue weighted by Gasteiger charge is 2.58. The van der Waals surface area contributed by atoms with Crippen molar-refractivity contribution in [1.29, 1.82) is 0 Å². The second-order valence-corrected chi connectivity index (χ2v) is 24.6. The van der Waals surface area contributed by atoms with E-state index in [1.54, 1.807) is 27.7 Å². The third-order valence-corrected chi connectivity index (χ3v) is 17.7. The zero-order valence-corrected chi connectivity index (χ0v) is 51.8. The normalized spacial score (nSPS) is 42.3. The number of unbranched alkanes of at least 4 members (excludes halogenated alkanes) is 8. The highest BCUT2D eigenvalue weighted by molar-refractivity contribution is 5.72. The molecule has 494 valence electrons. The molecule has 6 heterocycles. The molecule has 0 aromatic heterocycles. The smallest absolute Gasteiger partial charge is 0.309 e. The van der Waals surface area contributed by atoms with E-state index in [9.17, 15) is 55.2 Å². The van der Waals surface area contributed by atoms with Crippen molar-refractivity contribution >= 4 is 17.9 Å². The van der Waals surface area contributed by atoms with Gasteiger partial charge in [0.15, 0.2) is 49.8 Å². The fraction of sp³-hybridized carbons (Fsp3) is 0.951. The van der Waals surface area contributed by atoms with Gasteiger partial charge in [0.2, 0.25) is 0 Å². The number of carbonyl (C=O) groups excluding carboxylic acids is 3. The summed E-state index contributed by atoms with van der Waals surface area (Å²) >= 11 is 0. The number of aliphatic hydroxyl groups excluding tert-OH is 8. The minimum atomic E-state index is -1.91. The summed E-state index contributed by atoms with van der Waals surface area (Å²) in [5.74, 6) is -2.58. The van der Waals surface area contributed by atoms with E-state index in [0.717, 1.165) is 103 Å². The van der Waals surface area contributed by atoms with E-state index >= 15 is 0 Å². The van der Waals surface area contributed by atoms with Crippen molar-refractivity contribution in [2.45, 2.75) is 363 Å². The summed E-state index contributed by atoms with van der Waals surface area (Å²) in [5.41, 5.74) is 0. The fourth-order valence-electron chi connectivity index (χ4n) is 12.0. The standard InChI is InChI=1S/C61H106O24/c1-10-13-15-16-18-22-27-31-40(63)80-55-54(85-57-45(68)43(66)41(64)33(5)73-57)51(82-58-46(69)44(67)49(35(7)75-58)81-56(72)32(4)12-3)37(9)77-61(55)83-50-36(8)76-60-48(71)53(50)79-39(62)30-26-23-20-17-19-21-25-29-38(28-24-14-11-2)78-59-47(70)52(84-60)42(65)34(6)74-59/h32-38,41-55,57-61,64-71H,10-31H2,1-9H3/t32-,33-,34+,35-,36-,37-,38+,41-,42-,43+,44-,45+,46+,47+,48+,49-,50-,51-,52-,53-,54+,55+,57-,58-,59+,60-,61-/m0/s1. The lowest BCUT2D eigenvalue weighted by Crippen LogP contribution is -2.68. The van der Waals surface area contributed by atoms with Gasteiger partial charge in [0, 0.05) is 12.8 Å². The predicted molar refractivity (Wildman–Crippen MR) is 301 cm³/mol. The molecule has 0 saturated carbocycles. The molecule has 0 aromatic carbocycles. The van der Waals surface area contributed by atoms with Gasteiger partial charge in [0.1, 0.15) is 73.2 Å². The first-order valence-corrected chi connectivity index (χ1v) is 32.2. The molecular formula is C61H106O24. The highest BCUT2D eigenvalue weighted by atomic mass is 16.8. The van der Waals surface area contributed by atoms with E-state index in [4.69, 9.17) is 61.6 Å². The first-order valence-electron chi connectivity index (χ1n) is 32.2. The van der Waals surface area contributed by atoms with Gasteiger partial charge in [-0.3, -0.25) is 14.4 Å². The minimum Gasteiger partial charge on any atom is -0.457 e. The van der Waals surface area contributed by atoms with Crippen molar-refractivity contribution in [1.82, 2.24) is 0 Å². The summed E-state index contributed by atoms with van der Waals surface area (Å²) < 4.78 is 81.8. The Morgan fingerprint density at radius 3 is 1.67 bits per heavy atom. The molecule has 6 saturated heterocycles. The highest BCUT2D eigenvalue weighted by Crippen LogP contribution is 2.39. The number of fused-ring (bicyclic) bond motifs is 4. The Hall–Kier alpha value is -2.31. The Bertz CT molecular complexity index is 1950. The van der Waals surface area contributed by atoms with Crippen LogP contribution in [0.5, 0.6) is 0 Å². The van der Waals surface area contributed by atoms with Crippen molar-refractivity contribution in [3.05, 3.63) is 0 Å². The maximum absolute atomic E-state index is 14.3. The fourth-order valence-corrected chi connectivity index (χ4v) is 12.0. The van der Waals surface area contributed by atoms with Crippen LogP contribution in [0.25, 0.3) is 0 Å². The van der Waals surface area contributed by atoms with Crippen molar-refractivity contribution < 1.29 is 117 Å². The number of rotatable bonds is 22. The van der Waals surface area contributed by atoms with Crippen LogP contribution in [0.2, 0.25) is 0 Å². The molecule has 0 aliphatic carbocycles. The van der Waals surface area contributed by atoms with Crippen molar-refractivity contribution in [2.24, 2.45) is 5.92 Å². The van der Waals surface area contributed by atoms with E-state index in [1.807, 2.05) is 0 Å². The van der Waals surface area contributed by atoms with Crippen LogP contribution in [-0.4, -0.2) is 218 Å². The van der Waals surface area contributed by atoms with Gasteiger partial charge in [-0.1, -0.05) is 124 Å². The topological polar surface area (TPSA) is 333 Å². The van der Waals surface area contributed by atoms with Gasteiger partial charge >= 0.3 is 17.9 Å². The Balaban J connectivity index is 1.35. The van der Waals surface area contributed by atoms with E-state index < -0.39 is 177 Å². The van der Waals surface area contributed by atoms with Crippen molar-refractivity contribution in [3.63, 3.8) is 0 Å². The molecule has 0 spiro atoms. The molecule has 6 fully saturated rings. The SMILES string of the molecule is CCCCCCCCCC(=O)O[C@H]1[C@H](O[C@@H]2[C@H]3OC(=O)CCCCCCCCC[C@@H](CCCCC)O[C@H]4O[C@H](C)[C@H](O)[C@H](O[C@H](O[C@H]2C)[C@@H]3O)[C@H]4O)O[C@@H](C)[C@H](O[C@@H]2O[C@@H](C)[C@H](OC(=O)[C@@H](C)CC)[C@@H](O)[C@H]2O)[C@H]1O[C@@H]1O[C@@H](C)[C@H](O)[C@@H](O)[C@H]1O. The molecule has 0 aromatic rings. The average Bonchev–Trinajstić information content (AvgIpc) is 1.74. The minimum absolute atomic E-state index is 0.0268. The molecule has 24 nitrogen and oxygen atoms in total. The predicted octanol–water partition coefficient (Wildman–Crippen LogP) is 4.55. The number of hydrogen-bond acceptors (Lipinski definition) is 24. The van der Waals surface area contributed by atoms with Crippen LogP contribution < -0.4 is 0 Å². The van der Waals surface area contributed by atoms with Gasteiger partial charge in [0.25, 0.3) is 0 Å². The number of esters is 3. The molecule has 6 aliphatic rings. The van der Waals surface area contributed by atoms with E-state index in [1.165, 1.54) is 20.8 Å². The summed E-state index contributed by atoms with van der Waals surface area (Å²) in [7, 11) is 0. The van der Waals surface area contributed by atoms with E-state index in [-0.39, 0.29) is 18.9 Å². The Morgan fingerprint density at radius 1 is 0.471 bits per heavy atom. The molecule has 4 bridgehead atoms. The number of hydrogen-bond donors (Lipinski definition) is 8. The lowest BCUT2D eigenvalue weighted by atomic mass is 9.95. The lowest BCUT2D eigenvalue weighted by molar-refractivity contribution is -0.398. The molecule has 24 heteroatoms. The molecule has 6 rings (SSSR count). The maximum Gasteiger partial charge on any atom is 0.309 e. The summed E-state index contributed by atoms with van der Waals surface area (Å²) in [4.78, 5) is 41.2. The summed E-state index contributed by atoms with van der Waals surface area (Å²) in [5, 5.41) is 92.2. The molecule has 27 atom stereocenters. The van der Waals surface area contributed by atoms with Crippen LogP contribution in [0.4, 0.5) is 0 Å². The summed E-state index contributed by atoms with van der Waals surface area (Å²) in [6.07, 6.45) is -21.4. The van der Waals surface area contributed by atoms with Crippen LogP contribution in [-0.2, 0) is 76.0 Å². The lowest BCUT2D eigenvalue weighted by Gasteiger charge is -2.51. The molecule has 0 unspecified atom stereocenters. The molecule has 0 radical (unpaired) electrons. The Labute approximate surface area is 502 Å². The average molecular weight is 1220 g/mol. The molecule has 8 N–H and O–H groups in total. The first-order chi connectivity index (χ1) is 40.6. The van der Waals surface area contributed by atoms with Crippen LogP contribution in [0.1, 0.15) is 204 Å². The van der Waals surface area contributed by atoms with Gasteiger partial charge in [-0.2, -0.15) is 0 Å². The largest absolute Gasteiger partial charge is 0.457 e. The zero-order valence-electron chi connectivity index (χ0n) is 51.8. The Morgan fingerprint density at radius 2 is 0.988 bits per heavy atom. The van der Waals surface area contributed by atoms with Gasteiger partial charge in [-0.25, -0.2) is 0 Å². The molecular weight excluding hydrogens is 1120 g/mol. The maximum atomic E-state index is 14.3. The second-order valence-electron chi connectivity index (χ2n) is 24.6. The second kappa shape index (κ2) is 35.3. The number of ether oxygens (including phenoxy) is 13. The van der Waals surface area contributed by atoms with E-state index in [2.05, 4.69) is 13.8 Å². The van der Waals surface area contributed by atoms with Gasteiger partial charge < -0.3 is 102 Å². The van der Waals surface area contributed by atoms with Gasteiger partial charge in [0.05, 0.1) is 42.5 Å². The number of aliphatic hydroxyl groups is 8. The van der Waals surface area contributed by atoms with E-state index in [0.29, 0.717) is 25.7 Å². The quantitative estimate of drug-likeness (QED) is 0.0419. The van der Waals surface area contributed by atoms with Gasteiger partial charge in [-0.15, -0.1) is 0 Å². The summed E-state index contributed by atoms with van der Waals surface area (Å²) in [6, 6.07) is 0. The first kappa shape index (κ1) is 71.8. The Kier molecular flexibility index (Phi) is 29.8. The number of carbonyl (C=O) groups is 3. The van der Waals surface area contributed by atoms with Crippen molar-refractivity contribution in [2.75, 3.05) is 0 Å². The van der Waals surface area contributed by atoms with Crippen molar-refractivity contribution in [3.8, 4) is 0 Å². The van der Waals surface area contributed by atoms with Gasteiger partial charge in [-0.05, 0) is 66.7 Å². The molecule has 85 heavy (non-hydrogen) atoms. The van der Waals surface area contributed by atoms with Crippen LogP contribution in [0, 0.1) is 5.92 Å². The molecule has 0 amide bonds. The van der Waals surface area contributed by atoms with Crippen LogP contribution in [0.15, 0.2) is 0 Å². The van der Waals surface area contributed by atoms with Crippen LogP contribution in [0.3, 0.4) is 0 Å². The third kappa shape index (κ3) is 19.8. The molecule has 6 aliphatic heterocycles. The van der Waals surface area contributed by atoms with Crippen LogP contribution >= 0.6 is 0 Å². The zero-order chi connectivity index (χ0) is 62.1. The third-order valence-electron chi connectivity index (χ3n) is 17.7. The summed E-state index contributed by atoms with van der Waals surface area (Å²) in [6.45, 7) is 15.3.